The number of anilines is 1. The average Bonchev–Trinajstić information content (AvgIpc) is 2.42. The van der Waals surface area contributed by atoms with Gasteiger partial charge in [0, 0.05) is 11.3 Å². The van der Waals surface area contributed by atoms with E-state index in [1.807, 2.05) is 11.8 Å². The zero-order valence-electron chi connectivity index (χ0n) is 10.8. The van der Waals surface area contributed by atoms with Crippen LogP contribution in [0.4, 0.5) is 5.82 Å². The van der Waals surface area contributed by atoms with E-state index in [0.717, 1.165) is 6.54 Å². The molecular weight excluding hydrogens is 323 g/mol. The second kappa shape index (κ2) is 6.75. The molecule has 1 aromatic rings. The van der Waals surface area contributed by atoms with Gasteiger partial charge in [0.2, 0.25) is 0 Å². The Morgan fingerprint density at radius 2 is 1.89 bits per heavy atom. The Bertz CT molecular complexity index is 448. The maximum Gasteiger partial charge on any atom is 0.150 e. The van der Waals surface area contributed by atoms with Crippen LogP contribution in [0, 0.1) is 0 Å². The van der Waals surface area contributed by atoms with E-state index in [4.69, 9.17) is 34.8 Å². The van der Waals surface area contributed by atoms with Gasteiger partial charge in [-0.05, 0) is 25.2 Å². The highest BCUT2D eigenvalue weighted by Crippen LogP contribution is 2.39. The van der Waals surface area contributed by atoms with Crippen LogP contribution in [0.15, 0.2) is 6.07 Å². The van der Waals surface area contributed by atoms with Crippen molar-refractivity contribution in [3.63, 3.8) is 0 Å². The van der Waals surface area contributed by atoms with Crippen molar-refractivity contribution in [2.45, 2.75) is 36.9 Å². The summed E-state index contributed by atoms with van der Waals surface area (Å²) < 4.78 is 0.287. The van der Waals surface area contributed by atoms with E-state index < -0.39 is 0 Å². The summed E-state index contributed by atoms with van der Waals surface area (Å²) in [7, 11) is 0. The summed E-state index contributed by atoms with van der Waals surface area (Å²) in [6, 6.07) is 1.63. The number of pyridine rings is 1. The van der Waals surface area contributed by atoms with Gasteiger partial charge in [-0.25, -0.2) is 4.98 Å². The maximum atomic E-state index is 6.13. The second-order valence-corrected chi connectivity index (χ2v) is 7.34. The molecule has 1 aromatic heterocycles. The number of nitrogens with zero attached hydrogens (tertiary/aromatic N) is 1. The SMILES string of the molecule is CSC1(CNc2nc(Cl)c(Cl)cc2Cl)CCCCC1. The third-order valence-electron chi connectivity index (χ3n) is 3.66. The Morgan fingerprint density at radius 1 is 1.21 bits per heavy atom. The molecule has 1 N–H and O–H groups in total. The zero-order chi connectivity index (χ0) is 13.9. The van der Waals surface area contributed by atoms with Gasteiger partial charge in [-0.15, -0.1) is 0 Å². The molecule has 1 aliphatic rings. The predicted molar refractivity (Wildman–Crippen MR) is 87.1 cm³/mol. The first-order valence-corrected chi connectivity index (χ1v) is 8.73. The first-order chi connectivity index (χ1) is 9.06. The molecule has 0 aromatic carbocycles. The van der Waals surface area contributed by atoms with Gasteiger partial charge in [-0.1, -0.05) is 54.1 Å². The predicted octanol–water partition coefficient (Wildman–Crippen LogP) is 5.52. The summed E-state index contributed by atoms with van der Waals surface area (Å²) >= 11 is 19.9. The summed E-state index contributed by atoms with van der Waals surface area (Å²) in [6.45, 7) is 0.860. The highest BCUT2D eigenvalue weighted by atomic mass is 35.5. The van der Waals surface area contributed by atoms with Crippen LogP contribution in [-0.4, -0.2) is 22.5 Å². The fourth-order valence-corrected chi connectivity index (χ4v) is 3.94. The lowest BCUT2D eigenvalue weighted by Gasteiger charge is -2.36. The van der Waals surface area contributed by atoms with Crippen LogP contribution in [0.3, 0.4) is 0 Å². The lowest BCUT2D eigenvalue weighted by atomic mass is 9.88. The molecule has 6 heteroatoms. The van der Waals surface area contributed by atoms with Crippen LogP contribution in [0.5, 0.6) is 0 Å². The molecule has 0 bridgehead atoms. The molecule has 19 heavy (non-hydrogen) atoms. The molecule has 2 nitrogen and oxygen atoms in total. The smallest absolute Gasteiger partial charge is 0.150 e. The van der Waals surface area contributed by atoms with Crippen molar-refractivity contribution in [1.29, 1.82) is 0 Å². The third kappa shape index (κ3) is 3.84. The summed E-state index contributed by atoms with van der Waals surface area (Å²) in [5.41, 5.74) is 0. The van der Waals surface area contributed by atoms with Crippen LogP contribution >= 0.6 is 46.6 Å². The van der Waals surface area contributed by atoms with Crippen molar-refractivity contribution in [3.8, 4) is 0 Å². The van der Waals surface area contributed by atoms with E-state index in [0.29, 0.717) is 15.9 Å². The molecule has 2 rings (SSSR count). The van der Waals surface area contributed by atoms with E-state index in [1.54, 1.807) is 6.07 Å². The number of nitrogens with one attached hydrogen (secondary N) is 1. The minimum atomic E-state index is 0.287. The summed E-state index contributed by atoms with van der Waals surface area (Å²) in [6.07, 6.45) is 8.58. The Balaban J connectivity index is 2.07. The molecule has 0 aliphatic heterocycles. The van der Waals surface area contributed by atoms with Crippen LogP contribution in [0.2, 0.25) is 15.2 Å². The van der Waals surface area contributed by atoms with Gasteiger partial charge in [0.15, 0.2) is 0 Å². The van der Waals surface area contributed by atoms with E-state index in [1.165, 1.54) is 32.1 Å². The topological polar surface area (TPSA) is 24.9 Å². The normalized spacial score (nSPS) is 18.3. The minimum Gasteiger partial charge on any atom is -0.367 e. The van der Waals surface area contributed by atoms with Crippen molar-refractivity contribution < 1.29 is 0 Å². The van der Waals surface area contributed by atoms with Gasteiger partial charge >= 0.3 is 0 Å². The Kier molecular flexibility index (Phi) is 5.53. The van der Waals surface area contributed by atoms with Crippen LogP contribution < -0.4 is 5.32 Å². The van der Waals surface area contributed by atoms with Crippen molar-refractivity contribution in [1.82, 2.24) is 4.98 Å². The van der Waals surface area contributed by atoms with Crippen LogP contribution in [0.1, 0.15) is 32.1 Å². The van der Waals surface area contributed by atoms with Gasteiger partial charge < -0.3 is 5.32 Å². The van der Waals surface area contributed by atoms with E-state index >= 15 is 0 Å². The molecular formula is C13H17Cl3N2S. The summed E-state index contributed by atoms with van der Waals surface area (Å²) in [5.74, 6) is 0.620. The zero-order valence-corrected chi connectivity index (χ0v) is 13.9. The van der Waals surface area contributed by atoms with Gasteiger partial charge in [-0.2, -0.15) is 11.8 Å². The monoisotopic (exact) mass is 338 g/mol. The molecule has 1 heterocycles. The van der Waals surface area contributed by atoms with Crippen LogP contribution in [0.25, 0.3) is 0 Å². The quantitative estimate of drug-likeness (QED) is 0.731. The van der Waals surface area contributed by atoms with Crippen molar-refractivity contribution in [2.75, 3.05) is 18.1 Å². The van der Waals surface area contributed by atoms with Gasteiger partial charge in [0.05, 0.1) is 10.0 Å². The van der Waals surface area contributed by atoms with E-state index in [9.17, 15) is 0 Å². The lowest BCUT2D eigenvalue weighted by Crippen LogP contribution is -2.35. The second-order valence-electron chi connectivity index (χ2n) is 4.89. The van der Waals surface area contributed by atoms with Crippen molar-refractivity contribution in [2.24, 2.45) is 0 Å². The van der Waals surface area contributed by atoms with Gasteiger partial charge in [0.1, 0.15) is 11.0 Å². The fraction of sp³-hybridized carbons (Fsp3) is 0.615. The number of thioether (sulfide) groups is 1. The van der Waals surface area contributed by atoms with E-state index in [-0.39, 0.29) is 9.90 Å². The van der Waals surface area contributed by atoms with Gasteiger partial charge in [0.25, 0.3) is 0 Å². The van der Waals surface area contributed by atoms with Crippen molar-refractivity contribution >= 4 is 52.4 Å². The molecule has 0 radical (unpaired) electrons. The highest BCUT2D eigenvalue weighted by Gasteiger charge is 2.31. The average molecular weight is 340 g/mol. The number of halogens is 3. The molecule has 1 fully saturated rings. The standard InChI is InChI=1S/C13H17Cl3N2S/c1-19-13(5-3-2-4-6-13)8-17-12-10(15)7-9(14)11(16)18-12/h7H,2-6,8H2,1H3,(H,17,18). The molecule has 0 atom stereocenters. The first kappa shape index (κ1) is 15.6. The third-order valence-corrected chi connectivity index (χ3v) is 6.04. The molecule has 0 amide bonds. The Hall–Kier alpha value is 0.170. The molecule has 0 unspecified atom stereocenters. The number of hydrogen-bond donors (Lipinski definition) is 1. The number of aromatic nitrogens is 1. The number of rotatable bonds is 4. The molecule has 0 saturated heterocycles. The van der Waals surface area contributed by atoms with E-state index in [2.05, 4.69) is 16.6 Å². The number of hydrogen-bond acceptors (Lipinski definition) is 3. The van der Waals surface area contributed by atoms with Crippen molar-refractivity contribution in [3.05, 3.63) is 21.3 Å². The Morgan fingerprint density at radius 3 is 2.53 bits per heavy atom. The molecule has 1 aliphatic carbocycles. The highest BCUT2D eigenvalue weighted by molar-refractivity contribution is 8.00. The van der Waals surface area contributed by atoms with Gasteiger partial charge in [-0.3, -0.25) is 0 Å². The summed E-state index contributed by atoms with van der Waals surface area (Å²) in [4.78, 5) is 4.20. The molecule has 106 valence electrons. The lowest BCUT2D eigenvalue weighted by molar-refractivity contribution is 0.411. The Labute approximate surface area is 133 Å². The molecule has 0 spiro atoms. The maximum absolute atomic E-state index is 6.13. The summed E-state index contributed by atoms with van der Waals surface area (Å²) in [5, 5.41) is 4.52. The first-order valence-electron chi connectivity index (χ1n) is 6.37. The van der Waals surface area contributed by atoms with Crippen LogP contribution in [-0.2, 0) is 0 Å². The minimum absolute atomic E-state index is 0.287. The molecule has 1 saturated carbocycles. The largest absolute Gasteiger partial charge is 0.367 e. The fourth-order valence-electron chi connectivity index (χ4n) is 2.46.